The van der Waals surface area contributed by atoms with E-state index in [1.54, 1.807) is 12.1 Å². The van der Waals surface area contributed by atoms with E-state index in [0.29, 0.717) is 18.0 Å². The Balaban J connectivity index is 0.00000162. The Bertz CT molecular complexity index is 505. The van der Waals surface area contributed by atoms with Crippen LogP contribution in [-0.2, 0) is 10.0 Å². The number of hydrogen-bond donors (Lipinski definition) is 1. The zero-order valence-corrected chi connectivity index (χ0v) is 12.0. The van der Waals surface area contributed by atoms with Crippen molar-refractivity contribution in [2.45, 2.75) is 30.7 Å². The Hall–Kier alpha value is -0.620. The standard InChI is InChI=1S/C12H18N2O2S.ClH/c1-10-5-2-3-7-12(10)17(15,16)14-8-4-6-11(13)9-14;/h2-3,5,7,11H,4,6,8-9,13H2,1H3;1H. The maximum absolute atomic E-state index is 12.4. The second-order valence-corrected chi connectivity index (χ2v) is 6.44. The molecule has 1 fully saturated rings. The molecule has 102 valence electrons. The Morgan fingerprint density at radius 1 is 1.33 bits per heavy atom. The van der Waals surface area contributed by atoms with Crippen LogP contribution in [0.4, 0.5) is 0 Å². The summed E-state index contributed by atoms with van der Waals surface area (Å²) in [6.07, 6.45) is 1.74. The van der Waals surface area contributed by atoms with Crippen LogP contribution in [0.15, 0.2) is 29.2 Å². The van der Waals surface area contributed by atoms with E-state index in [-0.39, 0.29) is 18.4 Å². The highest BCUT2D eigenvalue weighted by Crippen LogP contribution is 2.22. The highest BCUT2D eigenvalue weighted by Gasteiger charge is 2.29. The van der Waals surface area contributed by atoms with E-state index < -0.39 is 10.0 Å². The summed E-state index contributed by atoms with van der Waals surface area (Å²) in [6, 6.07) is 7.03. The van der Waals surface area contributed by atoms with Crippen molar-refractivity contribution in [1.29, 1.82) is 0 Å². The van der Waals surface area contributed by atoms with Crippen molar-refractivity contribution in [1.82, 2.24) is 4.31 Å². The van der Waals surface area contributed by atoms with E-state index in [1.165, 1.54) is 4.31 Å². The number of sulfonamides is 1. The Morgan fingerprint density at radius 2 is 2.00 bits per heavy atom. The topological polar surface area (TPSA) is 63.4 Å². The number of piperidine rings is 1. The normalized spacial score (nSPS) is 21.3. The van der Waals surface area contributed by atoms with Gasteiger partial charge in [0.2, 0.25) is 10.0 Å². The first kappa shape index (κ1) is 15.4. The van der Waals surface area contributed by atoms with Crippen molar-refractivity contribution in [3.8, 4) is 0 Å². The summed E-state index contributed by atoms with van der Waals surface area (Å²) in [4.78, 5) is 0.397. The third-order valence-corrected chi connectivity index (χ3v) is 5.16. The van der Waals surface area contributed by atoms with Crippen LogP contribution < -0.4 is 5.73 Å². The first-order chi connectivity index (χ1) is 8.01. The summed E-state index contributed by atoms with van der Waals surface area (Å²) in [5.41, 5.74) is 6.62. The third kappa shape index (κ3) is 3.03. The summed E-state index contributed by atoms with van der Waals surface area (Å²) in [6.45, 7) is 2.82. The molecule has 0 saturated carbocycles. The first-order valence-electron chi connectivity index (χ1n) is 5.83. The summed E-state index contributed by atoms with van der Waals surface area (Å²) < 4.78 is 26.4. The van der Waals surface area contributed by atoms with Crippen LogP contribution >= 0.6 is 12.4 Å². The minimum atomic E-state index is -3.37. The second kappa shape index (κ2) is 6.02. The molecule has 1 atom stereocenters. The molecule has 2 rings (SSSR count). The van der Waals surface area contributed by atoms with Crippen LogP contribution in [0.1, 0.15) is 18.4 Å². The molecule has 0 aromatic heterocycles. The molecule has 4 nitrogen and oxygen atoms in total. The molecule has 1 aliphatic heterocycles. The zero-order chi connectivity index (χ0) is 12.5. The second-order valence-electron chi connectivity index (χ2n) is 4.53. The van der Waals surface area contributed by atoms with Gasteiger partial charge in [0.25, 0.3) is 0 Å². The molecule has 0 spiro atoms. The summed E-state index contributed by atoms with van der Waals surface area (Å²) in [7, 11) is -3.37. The molecule has 0 amide bonds. The average molecular weight is 291 g/mol. The highest BCUT2D eigenvalue weighted by atomic mass is 35.5. The van der Waals surface area contributed by atoms with Gasteiger partial charge >= 0.3 is 0 Å². The van der Waals surface area contributed by atoms with Crippen LogP contribution in [0, 0.1) is 6.92 Å². The highest BCUT2D eigenvalue weighted by molar-refractivity contribution is 7.89. The predicted octanol–water partition coefficient (Wildman–Crippen LogP) is 1.53. The minimum Gasteiger partial charge on any atom is -0.327 e. The van der Waals surface area contributed by atoms with Crippen LogP contribution in [0.5, 0.6) is 0 Å². The third-order valence-electron chi connectivity index (χ3n) is 3.13. The van der Waals surface area contributed by atoms with Gasteiger partial charge in [0.1, 0.15) is 0 Å². The molecule has 6 heteroatoms. The predicted molar refractivity (Wildman–Crippen MR) is 74.4 cm³/mol. The van der Waals surface area contributed by atoms with E-state index in [1.807, 2.05) is 19.1 Å². The number of hydrogen-bond acceptors (Lipinski definition) is 3. The largest absolute Gasteiger partial charge is 0.327 e. The van der Waals surface area contributed by atoms with Gasteiger partial charge in [0.15, 0.2) is 0 Å². The smallest absolute Gasteiger partial charge is 0.243 e. The molecule has 2 N–H and O–H groups in total. The number of rotatable bonds is 2. The van der Waals surface area contributed by atoms with Gasteiger partial charge in [-0.25, -0.2) is 8.42 Å². The van der Waals surface area contributed by atoms with E-state index in [2.05, 4.69) is 0 Å². The molecule has 0 radical (unpaired) electrons. The number of aryl methyl sites for hydroxylation is 1. The number of nitrogens with two attached hydrogens (primary N) is 1. The van der Waals surface area contributed by atoms with Gasteiger partial charge in [-0.3, -0.25) is 0 Å². The molecule has 1 aromatic carbocycles. The molecule has 18 heavy (non-hydrogen) atoms. The van der Waals surface area contributed by atoms with Crippen molar-refractivity contribution in [2.24, 2.45) is 5.73 Å². The van der Waals surface area contributed by atoms with Crippen molar-refractivity contribution < 1.29 is 8.42 Å². The van der Waals surface area contributed by atoms with Crippen LogP contribution in [0.3, 0.4) is 0 Å². The fraction of sp³-hybridized carbons (Fsp3) is 0.500. The summed E-state index contributed by atoms with van der Waals surface area (Å²) >= 11 is 0. The van der Waals surface area contributed by atoms with Crippen LogP contribution in [0.25, 0.3) is 0 Å². The lowest BCUT2D eigenvalue weighted by Crippen LogP contribution is -2.45. The van der Waals surface area contributed by atoms with Crippen molar-refractivity contribution in [3.63, 3.8) is 0 Å². The Labute approximate surface area is 115 Å². The van der Waals surface area contributed by atoms with Crippen LogP contribution in [-0.4, -0.2) is 31.9 Å². The van der Waals surface area contributed by atoms with E-state index in [4.69, 9.17) is 5.73 Å². The molecular formula is C12H19ClN2O2S. The van der Waals surface area contributed by atoms with Gasteiger partial charge in [-0.1, -0.05) is 18.2 Å². The van der Waals surface area contributed by atoms with Gasteiger partial charge in [-0.15, -0.1) is 12.4 Å². The van der Waals surface area contributed by atoms with Gasteiger partial charge in [0.05, 0.1) is 4.90 Å². The van der Waals surface area contributed by atoms with Gasteiger partial charge in [0, 0.05) is 19.1 Å². The molecule has 1 heterocycles. The maximum atomic E-state index is 12.4. The number of nitrogens with zero attached hydrogens (tertiary/aromatic N) is 1. The van der Waals surface area contributed by atoms with Gasteiger partial charge in [-0.05, 0) is 31.4 Å². The lowest BCUT2D eigenvalue weighted by molar-refractivity contribution is 0.316. The van der Waals surface area contributed by atoms with Crippen molar-refractivity contribution in [2.75, 3.05) is 13.1 Å². The van der Waals surface area contributed by atoms with Gasteiger partial charge in [-0.2, -0.15) is 4.31 Å². The SMILES string of the molecule is Cc1ccccc1S(=O)(=O)N1CCCC(N)C1.Cl. The molecule has 0 aliphatic carbocycles. The van der Waals surface area contributed by atoms with Crippen LogP contribution in [0.2, 0.25) is 0 Å². The molecule has 1 saturated heterocycles. The van der Waals surface area contributed by atoms with E-state index in [9.17, 15) is 8.42 Å². The fourth-order valence-corrected chi connectivity index (χ4v) is 3.94. The molecular weight excluding hydrogens is 272 g/mol. The zero-order valence-electron chi connectivity index (χ0n) is 10.4. The fourth-order valence-electron chi connectivity index (χ4n) is 2.18. The quantitative estimate of drug-likeness (QED) is 0.898. The van der Waals surface area contributed by atoms with Gasteiger partial charge < -0.3 is 5.73 Å². The molecule has 1 aliphatic rings. The van der Waals surface area contributed by atoms with E-state index in [0.717, 1.165) is 18.4 Å². The van der Waals surface area contributed by atoms with E-state index >= 15 is 0 Å². The van der Waals surface area contributed by atoms with Crippen molar-refractivity contribution in [3.05, 3.63) is 29.8 Å². The first-order valence-corrected chi connectivity index (χ1v) is 7.27. The monoisotopic (exact) mass is 290 g/mol. The maximum Gasteiger partial charge on any atom is 0.243 e. The Morgan fingerprint density at radius 3 is 2.61 bits per heavy atom. The number of halogens is 1. The lowest BCUT2D eigenvalue weighted by Gasteiger charge is -2.30. The Kier molecular flexibility index (Phi) is 5.16. The van der Waals surface area contributed by atoms with Crippen molar-refractivity contribution >= 4 is 22.4 Å². The summed E-state index contributed by atoms with van der Waals surface area (Å²) in [5.74, 6) is 0. The number of benzene rings is 1. The molecule has 1 aromatic rings. The minimum absolute atomic E-state index is 0. The molecule has 1 unspecified atom stereocenters. The summed E-state index contributed by atoms with van der Waals surface area (Å²) in [5, 5.41) is 0. The lowest BCUT2D eigenvalue weighted by atomic mass is 10.1. The average Bonchev–Trinajstić information content (AvgIpc) is 2.29. The molecule has 0 bridgehead atoms.